The Balaban J connectivity index is 0.000000821. The molecule has 0 aliphatic carbocycles. The Morgan fingerprint density at radius 3 is 2.21 bits per heavy atom. The van der Waals surface area contributed by atoms with Crippen LogP contribution in [0.1, 0.15) is 22.3 Å². The molecule has 1 heterocycles. The summed E-state index contributed by atoms with van der Waals surface area (Å²) in [5, 5.41) is 15.2. The molecule has 1 fully saturated rings. The number of halogens is 6. The zero-order chi connectivity index (χ0) is 32.6. The minimum absolute atomic E-state index is 0.159. The lowest BCUT2D eigenvalue weighted by atomic mass is 9.94. The second kappa shape index (κ2) is 14.8. The Morgan fingerprint density at radius 1 is 1.07 bits per heavy atom. The van der Waals surface area contributed by atoms with E-state index in [1.165, 1.54) is 11.8 Å². The molecule has 238 valence electrons. The molecule has 10 nitrogen and oxygen atoms in total. The number of nitrogen functional groups attached to an aromatic ring is 1. The molecule has 6 N–H and O–H groups in total. The Hall–Kier alpha value is -3.51. The van der Waals surface area contributed by atoms with Gasteiger partial charge in [-0.3, -0.25) is 9.59 Å². The van der Waals surface area contributed by atoms with Crippen LogP contribution in [0, 0.1) is 5.92 Å². The van der Waals surface area contributed by atoms with E-state index in [0.29, 0.717) is 25.6 Å². The third-order valence-corrected chi connectivity index (χ3v) is 8.70. The van der Waals surface area contributed by atoms with Crippen molar-refractivity contribution in [3.8, 4) is 0 Å². The van der Waals surface area contributed by atoms with Gasteiger partial charge < -0.3 is 26.8 Å². The number of benzene rings is 2. The van der Waals surface area contributed by atoms with E-state index in [1.54, 1.807) is 24.3 Å². The van der Waals surface area contributed by atoms with E-state index in [2.05, 4.69) is 16.0 Å². The first kappa shape index (κ1) is 35.7. The number of carboxylic acid groups (broad SMARTS) is 1. The highest BCUT2D eigenvalue weighted by Crippen LogP contribution is 2.31. The molecule has 2 atom stereocenters. The molecule has 3 rings (SSSR count). The van der Waals surface area contributed by atoms with Gasteiger partial charge >= 0.3 is 18.3 Å². The van der Waals surface area contributed by atoms with Gasteiger partial charge in [-0.1, -0.05) is 0 Å². The van der Waals surface area contributed by atoms with Crippen molar-refractivity contribution in [2.45, 2.75) is 34.6 Å². The van der Waals surface area contributed by atoms with Gasteiger partial charge in [-0.2, -0.15) is 26.3 Å². The third-order valence-electron chi connectivity index (χ3n) is 6.10. The highest BCUT2D eigenvalue weighted by molar-refractivity contribution is 7.98. The molecular weight excluding hydrogens is 630 g/mol. The summed E-state index contributed by atoms with van der Waals surface area (Å²) in [4.78, 5) is 34.9. The molecule has 2 amide bonds. The van der Waals surface area contributed by atoms with E-state index in [9.17, 15) is 44.3 Å². The van der Waals surface area contributed by atoms with Crippen LogP contribution in [0.3, 0.4) is 0 Å². The SMILES string of the molecule is CSc1ccc(S(=O)(=O)C[C@@H]2CCNC[C@@H]2NC(=O)CNC(=O)c2cc(C(F)(F)F)ccc2N)cc1.O=C(O)C(F)(F)F. The van der Waals surface area contributed by atoms with Crippen molar-refractivity contribution in [1.29, 1.82) is 0 Å². The Bertz CT molecular complexity index is 1400. The van der Waals surface area contributed by atoms with Gasteiger partial charge in [0.15, 0.2) is 9.84 Å². The summed E-state index contributed by atoms with van der Waals surface area (Å²) in [6.07, 6.45) is -7.33. The maximum atomic E-state index is 12.9. The molecule has 0 spiro atoms. The summed E-state index contributed by atoms with van der Waals surface area (Å²) < 4.78 is 96.5. The smallest absolute Gasteiger partial charge is 0.475 e. The number of hydrogen-bond acceptors (Lipinski definition) is 8. The zero-order valence-electron chi connectivity index (χ0n) is 22.4. The first-order chi connectivity index (χ1) is 19.8. The van der Waals surface area contributed by atoms with Crippen molar-refractivity contribution in [1.82, 2.24) is 16.0 Å². The predicted molar refractivity (Wildman–Crippen MR) is 145 cm³/mol. The lowest BCUT2D eigenvalue weighted by Crippen LogP contribution is -2.54. The number of alkyl halides is 6. The lowest BCUT2D eigenvalue weighted by molar-refractivity contribution is -0.192. The molecule has 0 unspecified atom stereocenters. The number of nitrogens with one attached hydrogen (secondary N) is 3. The van der Waals surface area contributed by atoms with Crippen LogP contribution in [-0.2, 0) is 25.6 Å². The van der Waals surface area contributed by atoms with Crippen molar-refractivity contribution in [2.24, 2.45) is 5.92 Å². The van der Waals surface area contributed by atoms with Crippen LogP contribution in [0.2, 0.25) is 0 Å². The second-order valence-corrected chi connectivity index (χ2v) is 12.1. The lowest BCUT2D eigenvalue weighted by Gasteiger charge is -2.32. The van der Waals surface area contributed by atoms with Crippen LogP contribution >= 0.6 is 11.8 Å². The number of nitrogens with two attached hydrogens (primary N) is 1. The monoisotopic (exact) mass is 658 g/mol. The first-order valence-electron chi connectivity index (χ1n) is 12.3. The Morgan fingerprint density at radius 2 is 1.67 bits per heavy atom. The van der Waals surface area contributed by atoms with Crippen molar-refractivity contribution >= 4 is 45.1 Å². The number of hydrogen-bond donors (Lipinski definition) is 5. The van der Waals surface area contributed by atoms with Crippen LogP contribution in [0.25, 0.3) is 0 Å². The molecule has 1 aliphatic rings. The van der Waals surface area contributed by atoms with Crippen molar-refractivity contribution < 1.29 is 54.3 Å². The van der Waals surface area contributed by atoms with Crippen LogP contribution in [0.15, 0.2) is 52.3 Å². The normalized spacial score (nSPS) is 17.3. The number of carboxylic acids is 1. The third kappa shape index (κ3) is 10.9. The summed E-state index contributed by atoms with van der Waals surface area (Å²) in [5.41, 5.74) is 4.05. The van der Waals surface area contributed by atoms with Gasteiger partial charge in [-0.25, -0.2) is 13.2 Å². The van der Waals surface area contributed by atoms with Crippen molar-refractivity contribution in [2.75, 3.05) is 37.4 Å². The van der Waals surface area contributed by atoms with E-state index in [4.69, 9.17) is 15.6 Å². The molecule has 2 aromatic carbocycles. The number of carbonyl (C=O) groups is 3. The number of anilines is 1. The Kier molecular flexibility index (Phi) is 12.3. The largest absolute Gasteiger partial charge is 0.490 e. The standard InChI is InChI=1S/C23H27F3N4O4S2.C2HF3O2/c1-35-16-3-5-17(6-4-16)36(33,34)13-14-8-9-28-11-20(14)30-21(31)12-29-22(32)18-10-15(23(24,25)26)2-7-19(18)27;3-2(4,5)1(6)7/h2-7,10,14,20,28H,8-9,11-13,27H2,1H3,(H,29,32)(H,30,31);(H,6,7)/t14-,20-;/m0./s1. The van der Waals surface area contributed by atoms with Crippen LogP contribution in [0.4, 0.5) is 32.0 Å². The quantitative estimate of drug-likeness (QED) is 0.163. The highest BCUT2D eigenvalue weighted by Gasteiger charge is 2.38. The number of sulfone groups is 1. The molecule has 0 radical (unpaired) electrons. The molecule has 1 saturated heterocycles. The number of aliphatic carboxylic acids is 1. The van der Waals surface area contributed by atoms with Gasteiger partial charge in [-0.15, -0.1) is 11.8 Å². The maximum Gasteiger partial charge on any atom is 0.490 e. The fraction of sp³-hybridized carbons (Fsp3) is 0.400. The van der Waals surface area contributed by atoms with Gasteiger partial charge in [0.1, 0.15) is 0 Å². The molecule has 0 bridgehead atoms. The van der Waals surface area contributed by atoms with Gasteiger partial charge in [-0.05, 0) is 67.6 Å². The number of piperidine rings is 1. The average molecular weight is 659 g/mol. The fourth-order valence-electron chi connectivity index (χ4n) is 3.89. The summed E-state index contributed by atoms with van der Waals surface area (Å²) in [5.74, 6) is -4.81. The summed E-state index contributed by atoms with van der Waals surface area (Å²) >= 11 is 1.50. The predicted octanol–water partition coefficient (Wildman–Crippen LogP) is 2.94. The number of carbonyl (C=O) groups excluding carboxylic acids is 2. The zero-order valence-corrected chi connectivity index (χ0v) is 24.0. The topological polar surface area (TPSA) is 168 Å². The van der Waals surface area contributed by atoms with E-state index >= 15 is 0 Å². The molecule has 1 aliphatic heterocycles. The van der Waals surface area contributed by atoms with Crippen LogP contribution in [0.5, 0.6) is 0 Å². The molecular formula is C25H28F6N4O6S2. The van der Waals surface area contributed by atoms with E-state index in [1.807, 2.05) is 6.26 Å². The number of thioether (sulfide) groups is 1. The van der Waals surface area contributed by atoms with E-state index < -0.39 is 63.7 Å². The van der Waals surface area contributed by atoms with Crippen LogP contribution < -0.4 is 21.7 Å². The van der Waals surface area contributed by atoms with Gasteiger partial charge in [0.05, 0.1) is 28.3 Å². The molecule has 43 heavy (non-hydrogen) atoms. The second-order valence-electron chi connectivity index (χ2n) is 9.17. The van der Waals surface area contributed by atoms with Gasteiger partial charge in [0, 0.05) is 23.2 Å². The summed E-state index contributed by atoms with van der Waals surface area (Å²) in [6, 6.07) is 8.45. The Labute approximate surface area is 246 Å². The van der Waals surface area contributed by atoms with E-state index in [0.717, 1.165) is 17.0 Å². The molecule has 2 aromatic rings. The van der Waals surface area contributed by atoms with Gasteiger partial charge in [0.25, 0.3) is 5.91 Å². The number of rotatable bonds is 8. The fourth-order valence-corrected chi connectivity index (χ4v) is 6.00. The van der Waals surface area contributed by atoms with Crippen LogP contribution in [-0.4, -0.2) is 75.2 Å². The molecule has 0 aromatic heterocycles. The van der Waals surface area contributed by atoms with Gasteiger partial charge in [0.2, 0.25) is 5.91 Å². The average Bonchev–Trinajstić information content (AvgIpc) is 2.92. The highest BCUT2D eigenvalue weighted by atomic mass is 32.2. The first-order valence-corrected chi connectivity index (χ1v) is 15.1. The summed E-state index contributed by atoms with van der Waals surface area (Å²) in [6.45, 7) is 0.413. The minimum Gasteiger partial charge on any atom is -0.475 e. The molecule has 18 heteroatoms. The minimum atomic E-state index is -5.08. The van der Waals surface area contributed by atoms with E-state index in [-0.39, 0.29) is 22.3 Å². The summed E-state index contributed by atoms with van der Waals surface area (Å²) in [7, 11) is -3.60. The van der Waals surface area contributed by atoms with Crippen molar-refractivity contribution in [3.05, 3.63) is 53.6 Å². The maximum absolute atomic E-state index is 12.9. The number of amides is 2. The van der Waals surface area contributed by atoms with Crippen molar-refractivity contribution in [3.63, 3.8) is 0 Å². The molecule has 0 saturated carbocycles.